The molecule has 0 aliphatic rings. The van der Waals surface area contributed by atoms with Crippen LogP contribution in [0, 0.1) is 0 Å². The van der Waals surface area contributed by atoms with E-state index in [4.69, 9.17) is 20.6 Å². The maximum Gasteiger partial charge on any atom is 0.227 e. The van der Waals surface area contributed by atoms with E-state index in [1.807, 2.05) is 54.6 Å². The summed E-state index contributed by atoms with van der Waals surface area (Å²) in [5, 5.41) is 5.34. The van der Waals surface area contributed by atoms with E-state index in [-0.39, 0.29) is 0 Å². The van der Waals surface area contributed by atoms with E-state index in [1.54, 1.807) is 6.20 Å². The molecule has 0 radical (unpaired) electrons. The number of para-hydroxylation sites is 2. The fraction of sp³-hybridized carbons (Fsp3) is 0. The molecule has 0 saturated carbocycles. The van der Waals surface area contributed by atoms with Gasteiger partial charge in [0.05, 0.1) is 0 Å². The van der Waals surface area contributed by atoms with E-state index in [0.717, 1.165) is 60.2 Å². The predicted octanol–water partition coefficient (Wildman–Crippen LogP) is 8.55. The van der Waals surface area contributed by atoms with Crippen LogP contribution in [0.25, 0.3) is 66.1 Å². The van der Waals surface area contributed by atoms with Crippen molar-refractivity contribution in [2.75, 3.05) is 0 Å². The summed E-state index contributed by atoms with van der Waals surface area (Å²) in [4.78, 5) is 9.22. The zero-order valence-corrected chi connectivity index (χ0v) is 19.2. The topological polar surface area (TPSA) is 48.2 Å². The molecule has 0 aliphatic carbocycles. The molecule has 7 rings (SSSR count). The van der Waals surface area contributed by atoms with Crippen molar-refractivity contribution in [3.63, 3.8) is 0 Å². The highest BCUT2D eigenvalue weighted by Crippen LogP contribution is 2.44. The standard InChI is InChI=1S/C30H17ClN2O2/c31-35-29-24(14-11-18-7-5-15-32-28(18)29)27-22-8-2-1-6-19(22)16-21-17-20(12-13-23(21)27)30-33-25-9-3-4-10-26(25)34-30/h1-17H. The Morgan fingerprint density at radius 1 is 0.714 bits per heavy atom. The Kier molecular flexibility index (Phi) is 4.47. The van der Waals surface area contributed by atoms with E-state index in [2.05, 4.69) is 52.4 Å². The fourth-order valence-corrected chi connectivity index (χ4v) is 5.04. The second-order valence-corrected chi connectivity index (χ2v) is 8.64. The zero-order valence-electron chi connectivity index (χ0n) is 18.4. The van der Waals surface area contributed by atoms with E-state index in [0.29, 0.717) is 11.6 Å². The molecule has 0 unspecified atom stereocenters. The maximum atomic E-state index is 6.05. The van der Waals surface area contributed by atoms with E-state index < -0.39 is 0 Å². The molecule has 0 aliphatic heterocycles. The van der Waals surface area contributed by atoms with Gasteiger partial charge in [-0.3, -0.25) is 4.98 Å². The van der Waals surface area contributed by atoms with Gasteiger partial charge in [0, 0.05) is 28.3 Å². The minimum absolute atomic E-state index is 0.547. The normalized spacial score (nSPS) is 11.6. The lowest BCUT2D eigenvalue weighted by Crippen LogP contribution is -1.91. The van der Waals surface area contributed by atoms with Crippen LogP contribution in [-0.4, -0.2) is 9.97 Å². The third kappa shape index (κ3) is 3.15. The van der Waals surface area contributed by atoms with Crippen molar-refractivity contribution >= 4 is 55.4 Å². The number of nitrogens with zero attached hydrogens (tertiary/aromatic N) is 2. The van der Waals surface area contributed by atoms with Gasteiger partial charge >= 0.3 is 0 Å². The Hall–Kier alpha value is -4.41. The molecule has 4 nitrogen and oxygen atoms in total. The number of hydrogen-bond donors (Lipinski definition) is 0. The number of benzene rings is 5. The molecule has 2 aromatic heterocycles. The summed E-state index contributed by atoms with van der Waals surface area (Å²) < 4.78 is 11.5. The van der Waals surface area contributed by atoms with Crippen molar-refractivity contribution in [3.05, 3.63) is 103 Å². The summed E-state index contributed by atoms with van der Waals surface area (Å²) in [5.74, 6) is 1.15. The molecule has 0 N–H and O–H groups in total. The summed E-state index contributed by atoms with van der Waals surface area (Å²) in [6, 6.07) is 32.6. The molecular formula is C30H17ClN2O2. The summed E-state index contributed by atoms with van der Waals surface area (Å²) >= 11 is 6.05. The highest BCUT2D eigenvalue weighted by Gasteiger charge is 2.18. The van der Waals surface area contributed by atoms with E-state index in [9.17, 15) is 0 Å². The summed E-state index contributed by atoms with van der Waals surface area (Å²) in [6.07, 6.45) is 1.75. The third-order valence-electron chi connectivity index (χ3n) is 6.48. The first-order chi connectivity index (χ1) is 17.3. The number of rotatable bonds is 3. The van der Waals surface area contributed by atoms with Gasteiger partial charge in [0.25, 0.3) is 0 Å². The largest absolute Gasteiger partial charge is 0.436 e. The Morgan fingerprint density at radius 3 is 2.46 bits per heavy atom. The van der Waals surface area contributed by atoms with Crippen LogP contribution in [0.4, 0.5) is 0 Å². The third-order valence-corrected chi connectivity index (χ3v) is 6.63. The van der Waals surface area contributed by atoms with Crippen molar-refractivity contribution in [2.24, 2.45) is 0 Å². The van der Waals surface area contributed by atoms with Gasteiger partial charge < -0.3 is 8.71 Å². The van der Waals surface area contributed by atoms with E-state index in [1.165, 1.54) is 0 Å². The van der Waals surface area contributed by atoms with Crippen LogP contribution >= 0.6 is 11.9 Å². The second kappa shape index (κ2) is 7.83. The molecule has 166 valence electrons. The molecule has 0 bridgehead atoms. The van der Waals surface area contributed by atoms with Gasteiger partial charge in [-0.05, 0) is 64.0 Å². The molecule has 5 heteroatoms. The summed E-state index contributed by atoms with van der Waals surface area (Å²) in [6.45, 7) is 0. The molecule has 5 aromatic carbocycles. The highest BCUT2D eigenvalue weighted by molar-refractivity contribution is 6.17. The number of aromatic nitrogens is 2. The first-order valence-corrected chi connectivity index (χ1v) is 11.6. The quantitative estimate of drug-likeness (QED) is 0.242. The van der Waals surface area contributed by atoms with Crippen molar-refractivity contribution in [3.8, 4) is 28.3 Å². The number of hydrogen-bond acceptors (Lipinski definition) is 4. The van der Waals surface area contributed by atoms with Crippen molar-refractivity contribution in [1.29, 1.82) is 0 Å². The van der Waals surface area contributed by atoms with Crippen LogP contribution in [0.2, 0.25) is 0 Å². The number of oxazole rings is 1. The summed E-state index contributed by atoms with van der Waals surface area (Å²) in [7, 11) is 0. The second-order valence-electron chi connectivity index (χ2n) is 8.49. The van der Waals surface area contributed by atoms with Crippen LogP contribution in [0.15, 0.2) is 108 Å². The minimum Gasteiger partial charge on any atom is -0.436 e. The van der Waals surface area contributed by atoms with E-state index >= 15 is 0 Å². The Morgan fingerprint density at radius 2 is 1.54 bits per heavy atom. The van der Waals surface area contributed by atoms with Crippen LogP contribution in [-0.2, 0) is 0 Å². The van der Waals surface area contributed by atoms with Crippen molar-refractivity contribution < 1.29 is 8.71 Å². The fourth-order valence-electron chi connectivity index (χ4n) is 4.89. The average molecular weight is 473 g/mol. The Labute approximate surface area is 205 Å². The molecular weight excluding hydrogens is 456 g/mol. The van der Waals surface area contributed by atoms with Gasteiger partial charge in [-0.15, -0.1) is 0 Å². The van der Waals surface area contributed by atoms with Crippen LogP contribution in [0.5, 0.6) is 5.75 Å². The molecule has 0 amide bonds. The number of pyridine rings is 1. The minimum atomic E-state index is 0.547. The van der Waals surface area contributed by atoms with Gasteiger partial charge in [-0.25, -0.2) is 4.98 Å². The predicted molar refractivity (Wildman–Crippen MR) is 142 cm³/mol. The smallest absolute Gasteiger partial charge is 0.227 e. The first-order valence-electron chi connectivity index (χ1n) is 11.3. The van der Waals surface area contributed by atoms with Gasteiger partial charge in [-0.1, -0.05) is 54.6 Å². The van der Waals surface area contributed by atoms with Crippen molar-refractivity contribution in [1.82, 2.24) is 9.97 Å². The molecule has 0 atom stereocenters. The monoisotopic (exact) mass is 472 g/mol. The van der Waals surface area contributed by atoms with Crippen LogP contribution in [0.3, 0.4) is 0 Å². The highest BCUT2D eigenvalue weighted by atomic mass is 35.5. The first kappa shape index (κ1) is 20.0. The molecule has 2 heterocycles. The van der Waals surface area contributed by atoms with Gasteiger partial charge in [0.2, 0.25) is 5.89 Å². The van der Waals surface area contributed by atoms with Crippen LogP contribution < -0.4 is 4.29 Å². The summed E-state index contributed by atoms with van der Waals surface area (Å²) in [5.41, 5.74) is 5.20. The maximum absolute atomic E-state index is 6.05. The number of fused-ring (bicyclic) bond motifs is 4. The molecule has 0 saturated heterocycles. The average Bonchev–Trinajstić information content (AvgIpc) is 3.35. The van der Waals surface area contributed by atoms with Crippen LogP contribution in [0.1, 0.15) is 0 Å². The lowest BCUT2D eigenvalue weighted by Gasteiger charge is -2.15. The Balaban J connectivity index is 1.53. The molecule has 0 fully saturated rings. The van der Waals surface area contributed by atoms with Crippen molar-refractivity contribution in [2.45, 2.75) is 0 Å². The Bertz CT molecular complexity index is 1880. The number of halogens is 1. The van der Waals surface area contributed by atoms with Gasteiger partial charge in [0.15, 0.2) is 11.3 Å². The lowest BCUT2D eigenvalue weighted by atomic mass is 9.90. The van der Waals surface area contributed by atoms with Gasteiger partial charge in [-0.2, -0.15) is 0 Å². The molecule has 7 aromatic rings. The van der Waals surface area contributed by atoms with Gasteiger partial charge in [0.1, 0.15) is 22.9 Å². The lowest BCUT2D eigenvalue weighted by molar-refractivity contribution is 0.620. The molecule has 0 spiro atoms. The zero-order chi connectivity index (χ0) is 23.4. The molecule has 35 heavy (non-hydrogen) atoms. The SMILES string of the molecule is ClOc1c(-c2c3ccccc3cc3cc(-c4nc5ccccc5o4)ccc23)ccc2cccnc12.